The fourth-order valence-electron chi connectivity index (χ4n) is 2.14. The van der Waals surface area contributed by atoms with Gasteiger partial charge >= 0.3 is 0 Å². The van der Waals surface area contributed by atoms with Gasteiger partial charge in [-0.1, -0.05) is 51.3 Å². The second kappa shape index (κ2) is 10.3. The Kier molecular flexibility index (Phi) is 9.02. The van der Waals surface area contributed by atoms with Gasteiger partial charge in [-0.2, -0.15) is 0 Å². The Balaban J connectivity index is 2.40. The van der Waals surface area contributed by atoms with Crippen LogP contribution >= 0.6 is 11.8 Å². The van der Waals surface area contributed by atoms with E-state index in [0.29, 0.717) is 6.04 Å². The van der Waals surface area contributed by atoms with Crippen LogP contribution in [0.5, 0.6) is 0 Å². The van der Waals surface area contributed by atoms with Crippen molar-refractivity contribution in [1.29, 1.82) is 0 Å². The third-order valence-corrected chi connectivity index (χ3v) is 4.71. The predicted molar refractivity (Wildman–Crippen MR) is 88.1 cm³/mol. The van der Waals surface area contributed by atoms with Crippen LogP contribution in [0.15, 0.2) is 29.2 Å². The van der Waals surface area contributed by atoms with Gasteiger partial charge in [0.2, 0.25) is 0 Å². The lowest BCUT2D eigenvalue weighted by molar-refractivity contribution is 0.493. The molecule has 0 amide bonds. The second-order valence-corrected chi connectivity index (χ2v) is 6.29. The molecule has 0 heterocycles. The Morgan fingerprint density at radius 2 is 1.89 bits per heavy atom. The van der Waals surface area contributed by atoms with Crippen LogP contribution in [0.1, 0.15) is 51.5 Å². The number of thioether (sulfide) groups is 1. The van der Waals surface area contributed by atoms with E-state index in [0.717, 1.165) is 6.54 Å². The monoisotopic (exact) mass is 279 g/mol. The molecule has 0 radical (unpaired) electrons. The van der Waals surface area contributed by atoms with Gasteiger partial charge in [0.05, 0.1) is 0 Å². The third kappa shape index (κ3) is 7.03. The van der Waals surface area contributed by atoms with E-state index < -0.39 is 0 Å². The molecule has 1 rings (SSSR count). The summed E-state index contributed by atoms with van der Waals surface area (Å²) in [6.07, 6.45) is 6.56. The lowest BCUT2D eigenvalue weighted by Crippen LogP contribution is -2.32. The van der Waals surface area contributed by atoms with Crippen LogP contribution in [-0.4, -0.2) is 18.3 Å². The molecule has 0 aliphatic rings. The highest BCUT2D eigenvalue weighted by Crippen LogP contribution is 2.23. The van der Waals surface area contributed by atoms with Crippen LogP contribution in [0.25, 0.3) is 0 Å². The molecule has 0 aliphatic heterocycles. The quantitative estimate of drug-likeness (QED) is 0.476. The summed E-state index contributed by atoms with van der Waals surface area (Å²) >= 11 is 2.00. The van der Waals surface area contributed by atoms with Gasteiger partial charge in [0.1, 0.15) is 0 Å². The Bertz CT molecular complexity index is 338. The zero-order valence-corrected chi connectivity index (χ0v) is 13.6. The van der Waals surface area contributed by atoms with E-state index in [9.17, 15) is 0 Å². The topological polar surface area (TPSA) is 12.0 Å². The number of nitrogens with one attached hydrogen (secondary N) is 1. The summed E-state index contributed by atoms with van der Waals surface area (Å²) in [6, 6.07) is 9.36. The second-order valence-electron chi connectivity index (χ2n) is 5.22. The Morgan fingerprint density at radius 3 is 2.58 bits per heavy atom. The lowest BCUT2D eigenvalue weighted by Gasteiger charge is -2.18. The molecule has 2 heteroatoms. The predicted octanol–water partition coefficient (Wildman–Crippen LogP) is 5.04. The smallest absolute Gasteiger partial charge is 0.0161 e. The first-order valence-corrected chi connectivity index (χ1v) is 8.68. The Labute approximate surface area is 123 Å². The number of rotatable bonds is 10. The van der Waals surface area contributed by atoms with E-state index in [-0.39, 0.29) is 0 Å². The van der Waals surface area contributed by atoms with E-state index >= 15 is 0 Å². The van der Waals surface area contributed by atoms with E-state index in [1.54, 1.807) is 0 Å². The average Bonchev–Trinajstić information content (AvgIpc) is 2.43. The van der Waals surface area contributed by atoms with E-state index in [4.69, 9.17) is 0 Å². The van der Waals surface area contributed by atoms with Crippen molar-refractivity contribution in [2.24, 2.45) is 0 Å². The highest BCUT2D eigenvalue weighted by atomic mass is 32.2. The molecule has 1 unspecified atom stereocenters. The van der Waals surface area contributed by atoms with Gasteiger partial charge in [-0.3, -0.25) is 0 Å². The molecule has 0 aromatic heterocycles. The summed E-state index contributed by atoms with van der Waals surface area (Å²) < 4.78 is 0. The van der Waals surface area contributed by atoms with Crippen molar-refractivity contribution in [3.05, 3.63) is 29.8 Å². The van der Waals surface area contributed by atoms with E-state index in [1.165, 1.54) is 48.3 Å². The lowest BCUT2D eigenvalue weighted by atomic mass is 10.1. The summed E-state index contributed by atoms with van der Waals surface area (Å²) in [4.78, 5) is 1.43. The zero-order chi connectivity index (χ0) is 13.9. The molecule has 0 aliphatic carbocycles. The van der Waals surface area contributed by atoms with Gasteiger partial charge in [-0.05, 0) is 37.9 Å². The largest absolute Gasteiger partial charge is 0.313 e. The first kappa shape index (κ1) is 16.6. The molecule has 19 heavy (non-hydrogen) atoms. The maximum absolute atomic E-state index is 3.70. The van der Waals surface area contributed by atoms with Gasteiger partial charge in [-0.15, -0.1) is 11.8 Å². The van der Waals surface area contributed by atoms with Crippen molar-refractivity contribution in [3.63, 3.8) is 0 Å². The maximum Gasteiger partial charge on any atom is 0.0161 e. The molecule has 1 atom stereocenters. The summed E-state index contributed by atoms with van der Waals surface area (Å²) in [6.45, 7) is 7.86. The van der Waals surface area contributed by atoms with E-state index in [1.807, 2.05) is 11.8 Å². The number of hydrogen-bond acceptors (Lipinski definition) is 2. The number of benzene rings is 1. The third-order valence-electron chi connectivity index (χ3n) is 3.37. The summed E-state index contributed by atoms with van der Waals surface area (Å²) in [5.41, 5.74) is 1.40. The molecular formula is C17H29NS. The van der Waals surface area contributed by atoms with Gasteiger partial charge in [0.25, 0.3) is 0 Å². The van der Waals surface area contributed by atoms with Crippen molar-refractivity contribution < 1.29 is 0 Å². The summed E-state index contributed by atoms with van der Waals surface area (Å²) in [5.74, 6) is 1.19. The zero-order valence-electron chi connectivity index (χ0n) is 12.7. The minimum atomic E-state index is 0.663. The van der Waals surface area contributed by atoms with Crippen LogP contribution < -0.4 is 5.32 Å². The molecule has 0 bridgehead atoms. The minimum Gasteiger partial charge on any atom is -0.313 e. The Hall–Kier alpha value is -0.470. The average molecular weight is 279 g/mol. The van der Waals surface area contributed by atoms with Crippen LogP contribution in [0.3, 0.4) is 0 Å². The minimum absolute atomic E-state index is 0.663. The molecule has 0 saturated heterocycles. The first-order valence-electron chi connectivity index (χ1n) is 7.69. The molecule has 1 nitrogen and oxygen atoms in total. The maximum atomic E-state index is 3.70. The highest BCUT2D eigenvalue weighted by molar-refractivity contribution is 7.99. The van der Waals surface area contributed by atoms with Gasteiger partial charge in [0.15, 0.2) is 0 Å². The molecule has 0 spiro atoms. The number of aryl methyl sites for hydroxylation is 1. The number of unbranched alkanes of at least 4 members (excludes halogenated alkanes) is 2. The molecular weight excluding hydrogens is 250 g/mol. The number of hydrogen-bond donors (Lipinski definition) is 1. The fourth-order valence-corrected chi connectivity index (χ4v) is 3.28. The summed E-state index contributed by atoms with van der Waals surface area (Å²) in [7, 11) is 0. The van der Waals surface area contributed by atoms with Crippen LogP contribution in [0, 0.1) is 6.92 Å². The molecule has 0 saturated carbocycles. The van der Waals surface area contributed by atoms with Crippen molar-refractivity contribution in [2.45, 2.75) is 63.8 Å². The van der Waals surface area contributed by atoms with E-state index in [2.05, 4.69) is 50.4 Å². The molecule has 1 aromatic carbocycles. The van der Waals surface area contributed by atoms with Crippen LogP contribution in [0.2, 0.25) is 0 Å². The van der Waals surface area contributed by atoms with Crippen molar-refractivity contribution >= 4 is 11.8 Å². The standard InChI is InChI=1S/C17H29NS/c1-4-6-7-11-16(18-13-5-2)14-19-17-12-9-8-10-15(17)3/h8-10,12,16,18H,4-7,11,13-14H2,1-3H3. The fraction of sp³-hybridized carbons (Fsp3) is 0.647. The van der Waals surface area contributed by atoms with Crippen molar-refractivity contribution in [1.82, 2.24) is 5.32 Å². The SMILES string of the molecule is CCCCCC(CSc1ccccc1C)NCCC. The first-order chi connectivity index (χ1) is 9.27. The Morgan fingerprint density at radius 1 is 1.11 bits per heavy atom. The van der Waals surface area contributed by atoms with Gasteiger partial charge < -0.3 is 5.32 Å². The molecule has 1 N–H and O–H groups in total. The van der Waals surface area contributed by atoms with Crippen LogP contribution in [-0.2, 0) is 0 Å². The molecule has 1 aromatic rings. The van der Waals surface area contributed by atoms with Gasteiger partial charge in [-0.25, -0.2) is 0 Å². The summed E-state index contributed by atoms with van der Waals surface area (Å²) in [5, 5.41) is 3.70. The highest BCUT2D eigenvalue weighted by Gasteiger charge is 2.08. The van der Waals surface area contributed by atoms with Gasteiger partial charge in [0, 0.05) is 16.7 Å². The normalized spacial score (nSPS) is 12.6. The van der Waals surface area contributed by atoms with Crippen molar-refractivity contribution in [2.75, 3.05) is 12.3 Å². The van der Waals surface area contributed by atoms with Crippen LogP contribution in [0.4, 0.5) is 0 Å². The van der Waals surface area contributed by atoms with Crippen molar-refractivity contribution in [3.8, 4) is 0 Å². The molecule has 108 valence electrons. The molecule has 0 fully saturated rings.